The fourth-order valence-corrected chi connectivity index (χ4v) is 6.73. The van der Waals surface area contributed by atoms with Gasteiger partial charge in [0.05, 0.1) is 56.8 Å². The zero-order chi connectivity index (χ0) is 51.3. The summed E-state index contributed by atoms with van der Waals surface area (Å²) >= 11 is 11.6. The van der Waals surface area contributed by atoms with Crippen molar-refractivity contribution in [2.45, 2.75) is 47.8 Å². The second-order valence-corrected chi connectivity index (χ2v) is 20.5. The van der Waals surface area contributed by atoms with E-state index in [0.29, 0.717) is 74.3 Å². The molecule has 4 aromatic carbocycles. The minimum absolute atomic E-state index is 0.137. The first-order valence-corrected chi connectivity index (χ1v) is 31.0. The average molecular weight is 1190 g/mol. The number of nitrogens with two attached hydrogens (primary N) is 1. The SMILES string of the molecule is CCN(CC)CC.COCc1ccccc1Oc1nc(Cl)ncc1Br.COCc1ccccc1Oc1nc(Nc2cc(C)c(OC)c(OC)c2)ncc1Br.COc1cc(N)cc(C)c1OC.[Cl][Zn][Cl]. The van der Waals surface area contributed by atoms with E-state index in [-0.39, 0.29) is 5.28 Å². The third kappa shape index (κ3) is 21.0. The van der Waals surface area contributed by atoms with Gasteiger partial charge >= 0.3 is 34.5 Å². The van der Waals surface area contributed by atoms with Gasteiger partial charge in [0, 0.05) is 55.1 Å². The zero-order valence-electron chi connectivity index (χ0n) is 40.8. The molecule has 15 nitrogen and oxygen atoms in total. The summed E-state index contributed by atoms with van der Waals surface area (Å²) in [6.07, 6.45) is 3.18. The molecule has 2 heterocycles. The van der Waals surface area contributed by atoms with Crippen LogP contribution in [0.3, 0.4) is 0 Å². The first-order chi connectivity index (χ1) is 33.2. The molecule has 0 fully saturated rings. The molecule has 0 aliphatic heterocycles. The Morgan fingerprint density at radius 1 is 0.623 bits per heavy atom. The van der Waals surface area contributed by atoms with Gasteiger partial charge in [0.15, 0.2) is 23.0 Å². The Kier molecular flexibility index (Phi) is 30.1. The summed E-state index contributed by atoms with van der Waals surface area (Å²) in [6, 6.07) is 22.6. The Morgan fingerprint density at radius 2 is 1.07 bits per heavy atom. The van der Waals surface area contributed by atoms with Crippen molar-refractivity contribution in [3.63, 3.8) is 0 Å². The first-order valence-electron chi connectivity index (χ1n) is 21.2. The Morgan fingerprint density at radius 3 is 1.52 bits per heavy atom. The number of aryl methyl sites for hydroxylation is 2. The van der Waals surface area contributed by atoms with Crippen molar-refractivity contribution >= 4 is 80.2 Å². The molecule has 0 radical (unpaired) electrons. The van der Waals surface area contributed by atoms with Crippen LogP contribution in [0.25, 0.3) is 0 Å². The number of halogens is 5. The van der Waals surface area contributed by atoms with Gasteiger partial charge < -0.3 is 53.8 Å². The first kappa shape index (κ1) is 60.9. The quantitative estimate of drug-likeness (QED) is 0.0503. The van der Waals surface area contributed by atoms with Crippen LogP contribution in [0.15, 0.2) is 94.1 Å². The molecular weight excluding hydrogens is 1130 g/mol. The topological polar surface area (TPSA) is 167 Å². The van der Waals surface area contributed by atoms with Gasteiger partial charge in [0.1, 0.15) is 11.5 Å². The Labute approximate surface area is 443 Å². The molecule has 0 saturated carbocycles. The van der Waals surface area contributed by atoms with Crippen LogP contribution in [0, 0.1) is 13.8 Å². The van der Waals surface area contributed by atoms with E-state index < -0.39 is 15.1 Å². The van der Waals surface area contributed by atoms with Gasteiger partial charge in [-0.15, -0.1) is 0 Å². The summed E-state index contributed by atoms with van der Waals surface area (Å²) in [4.78, 5) is 19.0. The predicted octanol–water partition coefficient (Wildman–Crippen LogP) is 13.4. The number of hydrogen-bond donors (Lipinski definition) is 2. The number of rotatable bonds is 17. The van der Waals surface area contributed by atoms with E-state index in [1.54, 1.807) is 61.1 Å². The van der Waals surface area contributed by atoms with Gasteiger partial charge in [0.25, 0.3) is 0 Å². The van der Waals surface area contributed by atoms with E-state index in [0.717, 1.165) is 33.7 Å². The number of nitrogens with one attached hydrogen (secondary N) is 1. The normalized spacial score (nSPS) is 9.99. The molecule has 2 aromatic heterocycles. The van der Waals surface area contributed by atoms with Gasteiger partial charge in [-0.05, 0) is 112 Å². The Balaban J connectivity index is 0.000000347. The van der Waals surface area contributed by atoms with Gasteiger partial charge in [-0.1, -0.05) is 57.2 Å². The number of hydrogen-bond acceptors (Lipinski definition) is 15. The van der Waals surface area contributed by atoms with Crippen LogP contribution < -0.4 is 39.5 Å². The Bertz CT molecular complexity index is 2440. The number of ether oxygens (including phenoxy) is 8. The summed E-state index contributed by atoms with van der Waals surface area (Å²) < 4.78 is 44.4. The second kappa shape index (κ2) is 34.2. The van der Waals surface area contributed by atoms with Crippen molar-refractivity contribution in [1.82, 2.24) is 24.8 Å². The summed E-state index contributed by atoms with van der Waals surface area (Å²) in [5.74, 6) is 5.23. The number of methoxy groups -OCH3 is 6. The summed E-state index contributed by atoms with van der Waals surface area (Å²) in [6.45, 7) is 14.9. The fourth-order valence-electron chi connectivity index (χ4n) is 6.06. The van der Waals surface area contributed by atoms with Crippen molar-refractivity contribution in [3.8, 4) is 46.3 Å². The minimum atomic E-state index is -0.931. The Hall–Kier alpha value is -4.23. The van der Waals surface area contributed by atoms with Crippen molar-refractivity contribution in [2.75, 3.05) is 73.3 Å². The van der Waals surface area contributed by atoms with E-state index in [2.05, 4.69) is 82.8 Å². The molecule has 0 spiro atoms. The number of para-hydroxylation sites is 2. The maximum atomic E-state index is 6.01. The van der Waals surface area contributed by atoms with Crippen molar-refractivity contribution in [2.24, 2.45) is 0 Å². The molecule has 0 amide bonds. The van der Waals surface area contributed by atoms with Crippen molar-refractivity contribution in [1.29, 1.82) is 0 Å². The number of anilines is 3. The maximum absolute atomic E-state index is 6.01. The van der Waals surface area contributed by atoms with E-state index in [1.165, 1.54) is 19.6 Å². The molecule has 6 rings (SSSR count). The molecule has 0 saturated heterocycles. The third-order valence-corrected chi connectivity index (χ3v) is 10.6. The fraction of sp³-hybridized carbons (Fsp3) is 0.333. The molecule has 21 heteroatoms. The molecule has 0 unspecified atom stereocenters. The van der Waals surface area contributed by atoms with E-state index >= 15 is 0 Å². The number of aromatic nitrogens is 4. The van der Waals surface area contributed by atoms with Gasteiger partial charge in [-0.25, -0.2) is 9.97 Å². The van der Waals surface area contributed by atoms with Crippen molar-refractivity contribution in [3.05, 3.63) is 122 Å². The van der Waals surface area contributed by atoms with Crippen LogP contribution in [0.4, 0.5) is 17.3 Å². The molecule has 0 aliphatic carbocycles. The molecular formula is C48H60Br2Cl3N7O8Zn. The summed E-state index contributed by atoms with van der Waals surface area (Å²) in [5.41, 5.74) is 10.8. The molecule has 0 bridgehead atoms. The zero-order valence-corrected chi connectivity index (χ0v) is 49.2. The molecule has 3 N–H and O–H groups in total. The third-order valence-electron chi connectivity index (χ3n) is 9.30. The average Bonchev–Trinajstić information content (AvgIpc) is 3.33. The van der Waals surface area contributed by atoms with Gasteiger partial charge in [-0.2, -0.15) is 9.97 Å². The molecule has 6 aromatic rings. The van der Waals surface area contributed by atoms with E-state index in [4.69, 9.17) is 74.6 Å². The van der Waals surface area contributed by atoms with Crippen LogP contribution in [0.2, 0.25) is 5.28 Å². The molecule has 372 valence electrons. The van der Waals surface area contributed by atoms with Gasteiger partial charge in [-0.3, -0.25) is 0 Å². The van der Waals surface area contributed by atoms with Gasteiger partial charge in [0.2, 0.25) is 23.0 Å². The second-order valence-electron chi connectivity index (χ2n) is 13.9. The molecule has 0 atom stereocenters. The monoisotopic (exact) mass is 1190 g/mol. The summed E-state index contributed by atoms with van der Waals surface area (Å²) in [5, 5.41) is 3.32. The van der Waals surface area contributed by atoms with Crippen LogP contribution in [0.5, 0.6) is 46.3 Å². The van der Waals surface area contributed by atoms with E-state index in [9.17, 15) is 0 Å². The molecule has 0 aliphatic rings. The van der Waals surface area contributed by atoms with Crippen LogP contribution >= 0.6 is 62.8 Å². The van der Waals surface area contributed by atoms with Crippen LogP contribution in [-0.4, -0.2) is 87.1 Å². The number of nitrogens with zero attached hydrogens (tertiary/aromatic N) is 5. The van der Waals surface area contributed by atoms with Crippen LogP contribution in [-0.2, 0) is 37.8 Å². The predicted molar refractivity (Wildman–Crippen MR) is 280 cm³/mol. The standard InChI is InChI=1S/C21H22BrN3O4.C12H10BrClN2O2.C9H13NO2.C6H15N.2ClH.Zn/c1-13-9-15(10-18(27-3)19(13)28-4)24-21-23-11-16(22)20(25-21)29-17-8-6-5-7-14(17)12-26-2;1-17-7-8-4-2-3-5-10(8)18-11-9(13)6-15-12(14)16-11;1-6-4-7(10)5-8(11-2)9(6)12-3;1-4-7(5-2)6-3;;;/h5-11H,12H2,1-4H3,(H,23,24,25);2-6H,7H2,1H3;4-5H,10H2,1-3H3;4-6H2,1-3H3;2*1H;/q;;;;;;+2/p-2. The number of benzene rings is 4. The van der Waals surface area contributed by atoms with Crippen LogP contribution in [0.1, 0.15) is 43.0 Å². The van der Waals surface area contributed by atoms with E-state index in [1.807, 2.05) is 80.6 Å². The summed E-state index contributed by atoms with van der Waals surface area (Å²) in [7, 11) is 19.6. The van der Waals surface area contributed by atoms with Crippen molar-refractivity contribution < 1.29 is 53.0 Å². The number of nitrogen functional groups attached to an aromatic ring is 1. The molecule has 69 heavy (non-hydrogen) atoms.